The van der Waals surface area contributed by atoms with Gasteiger partial charge in [-0.3, -0.25) is 4.79 Å². The van der Waals surface area contributed by atoms with E-state index in [1.165, 1.54) is 4.88 Å². The molecule has 1 N–H and O–H groups in total. The van der Waals surface area contributed by atoms with Gasteiger partial charge in [0.25, 0.3) is 0 Å². The van der Waals surface area contributed by atoms with Gasteiger partial charge in [-0.25, -0.2) is 0 Å². The van der Waals surface area contributed by atoms with Crippen molar-refractivity contribution >= 4 is 17.2 Å². The van der Waals surface area contributed by atoms with Gasteiger partial charge in [0.05, 0.1) is 13.2 Å². The van der Waals surface area contributed by atoms with Crippen LogP contribution < -0.4 is 5.32 Å². The summed E-state index contributed by atoms with van der Waals surface area (Å²) in [5.41, 5.74) is 0. The van der Waals surface area contributed by atoms with Crippen molar-refractivity contribution in [3.63, 3.8) is 0 Å². The third-order valence-electron chi connectivity index (χ3n) is 4.25. The van der Waals surface area contributed by atoms with Crippen molar-refractivity contribution in [3.05, 3.63) is 22.4 Å². The number of thiophene rings is 1. The lowest BCUT2D eigenvalue weighted by molar-refractivity contribution is -0.182. The highest BCUT2D eigenvalue weighted by Crippen LogP contribution is 2.35. The molecule has 5 heteroatoms. The fourth-order valence-corrected chi connectivity index (χ4v) is 4.01. The first-order valence-electron chi connectivity index (χ1n) is 7.85. The average Bonchev–Trinajstić information content (AvgIpc) is 3.11. The van der Waals surface area contributed by atoms with Crippen molar-refractivity contribution in [1.29, 1.82) is 0 Å². The average molecular weight is 309 g/mol. The number of hydrogen-bond donors (Lipinski definition) is 1. The molecule has 1 amide bonds. The van der Waals surface area contributed by atoms with E-state index in [1.807, 2.05) is 0 Å². The van der Waals surface area contributed by atoms with Crippen LogP contribution in [0.1, 0.15) is 43.4 Å². The molecule has 1 saturated heterocycles. The van der Waals surface area contributed by atoms with Gasteiger partial charge in [-0.05, 0) is 37.1 Å². The van der Waals surface area contributed by atoms with E-state index in [0.29, 0.717) is 19.6 Å². The molecule has 21 heavy (non-hydrogen) atoms. The van der Waals surface area contributed by atoms with Gasteiger partial charge in [-0.2, -0.15) is 0 Å². The molecule has 2 heterocycles. The molecule has 1 saturated carbocycles. The number of hydrogen-bond acceptors (Lipinski definition) is 4. The van der Waals surface area contributed by atoms with Crippen LogP contribution in [-0.4, -0.2) is 30.9 Å². The van der Waals surface area contributed by atoms with E-state index < -0.39 is 5.79 Å². The molecular formula is C16H23NO3S. The standard InChI is InChI=1S/C16H23NO3S/c18-15(7-1-5-14-6-3-11-21-14)17-13-4-2-8-16(12-13)19-9-10-20-16/h3,6,11,13H,1-2,4-5,7-10,12H2,(H,17,18)/t13-/m0/s1. The molecule has 0 unspecified atom stereocenters. The molecule has 0 bridgehead atoms. The third-order valence-corrected chi connectivity index (χ3v) is 5.19. The van der Waals surface area contributed by atoms with Gasteiger partial charge < -0.3 is 14.8 Å². The monoisotopic (exact) mass is 309 g/mol. The van der Waals surface area contributed by atoms with E-state index in [9.17, 15) is 4.79 Å². The van der Waals surface area contributed by atoms with Crippen LogP contribution in [0.4, 0.5) is 0 Å². The fraction of sp³-hybridized carbons (Fsp3) is 0.688. The largest absolute Gasteiger partial charge is 0.353 e. The Morgan fingerprint density at radius 3 is 3.05 bits per heavy atom. The lowest BCUT2D eigenvalue weighted by Crippen LogP contribution is -2.46. The van der Waals surface area contributed by atoms with E-state index in [1.54, 1.807) is 11.3 Å². The number of nitrogens with one attached hydrogen (secondary N) is 1. The Kier molecular flexibility index (Phi) is 4.93. The van der Waals surface area contributed by atoms with Gasteiger partial charge in [0.15, 0.2) is 5.79 Å². The summed E-state index contributed by atoms with van der Waals surface area (Å²) in [6.07, 6.45) is 6.35. The molecular weight excluding hydrogens is 286 g/mol. The molecule has 0 aromatic carbocycles. The highest BCUT2D eigenvalue weighted by atomic mass is 32.1. The van der Waals surface area contributed by atoms with Crippen molar-refractivity contribution in [2.24, 2.45) is 0 Å². The van der Waals surface area contributed by atoms with E-state index >= 15 is 0 Å². The maximum Gasteiger partial charge on any atom is 0.220 e. The summed E-state index contributed by atoms with van der Waals surface area (Å²) in [4.78, 5) is 13.4. The highest BCUT2D eigenvalue weighted by Gasteiger charge is 2.41. The number of rotatable bonds is 5. The minimum absolute atomic E-state index is 0.159. The molecule has 2 fully saturated rings. The maximum absolute atomic E-state index is 12.1. The number of amides is 1. The van der Waals surface area contributed by atoms with Crippen molar-refractivity contribution in [3.8, 4) is 0 Å². The van der Waals surface area contributed by atoms with Crippen molar-refractivity contribution in [1.82, 2.24) is 5.32 Å². The minimum atomic E-state index is -0.410. The molecule has 1 atom stereocenters. The first-order valence-corrected chi connectivity index (χ1v) is 8.73. The first-order chi connectivity index (χ1) is 10.3. The molecule has 4 nitrogen and oxygen atoms in total. The number of carbonyl (C=O) groups excluding carboxylic acids is 1. The van der Waals surface area contributed by atoms with Crippen LogP contribution in [0.15, 0.2) is 17.5 Å². The van der Waals surface area contributed by atoms with Gasteiger partial charge in [0, 0.05) is 30.2 Å². The molecule has 1 aliphatic carbocycles. The van der Waals surface area contributed by atoms with Crippen LogP contribution in [0.5, 0.6) is 0 Å². The van der Waals surface area contributed by atoms with E-state index in [2.05, 4.69) is 22.8 Å². The van der Waals surface area contributed by atoms with Crippen molar-refractivity contribution < 1.29 is 14.3 Å². The Morgan fingerprint density at radius 1 is 1.43 bits per heavy atom. The summed E-state index contributed by atoms with van der Waals surface area (Å²) < 4.78 is 11.5. The Hall–Kier alpha value is -0.910. The summed E-state index contributed by atoms with van der Waals surface area (Å²) in [6, 6.07) is 4.39. The lowest BCUT2D eigenvalue weighted by Gasteiger charge is -2.36. The van der Waals surface area contributed by atoms with Gasteiger partial charge in [-0.15, -0.1) is 11.3 Å². The summed E-state index contributed by atoms with van der Waals surface area (Å²) in [5, 5.41) is 5.24. The van der Waals surface area contributed by atoms with Crippen LogP contribution >= 0.6 is 11.3 Å². The second-order valence-electron chi connectivity index (χ2n) is 5.90. The molecule has 2 aliphatic rings. The molecule has 0 radical (unpaired) electrons. The first kappa shape index (κ1) is 15.0. The quantitative estimate of drug-likeness (QED) is 0.910. The second kappa shape index (κ2) is 6.90. The highest BCUT2D eigenvalue weighted by molar-refractivity contribution is 7.09. The second-order valence-corrected chi connectivity index (χ2v) is 6.93. The predicted octanol–water partition coefficient (Wildman–Crippen LogP) is 2.87. The van der Waals surface area contributed by atoms with Crippen LogP contribution in [0.25, 0.3) is 0 Å². The Morgan fingerprint density at radius 2 is 2.29 bits per heavy atom. The van der Waals surface area contributed by atoms with Crippen molar-refractivity contribution in [2.45, 2.75) is 56.8 Å². The Bertz CT molecular complexity index is 454. The lowest BCUT2D eigenvalue weighted by atomic mass is 9.89. The maximum atomic E-state index is 12.1. The molecule has 116 valence electrons. The molecule has 1 aliphatic heterocycles. The smallest absolute Gasteiger partial charge is 0.220 e. The van der Waals surface area contributed by atoms with Gasteiger partial charge in [-0.1, -0.05) is 6.07 Å². The number of aryl methyl sites for hydroxylation is 1. The summed E-state index contributed by atoms with van der Waals surface area (Å²) in [6.45, 7) is 1.36. The van der Waals surface area contributed by atoms with E-state index in [0.717, 1.165) is 38.5 Å². The topological polar surface area (TPSA) is 47.6 Å². The van der Waals surface area contributed by atoms with Crippen LogP contribution in [0.2, 0.25) is 0 Å². The fourth-order valence-electron chi connectivity index (χ4n) is 3.26. The van der Waals surface area contributed by atoms with Gasteiger partial charge >= 0.3 is 0 Å². The molecule has 1 aromatic heterocycles. The van der Waals surface area contributed by atoms with Gasteiger partial charge in [0.2, 0.25) is 5.91 Å². The van der Waals surface area contributed by atoms with E-state index in [4.69, 9.17) is 9.47 Å². The van der Waals surface area contributed by atoms with Crippen molar-refractivity contribution in [2.75, 3.05) is 13.2 Å². The Balaban J connectivity index is 1.40. The molecule has 1 aromatic rings. The minimum Gasteiger partial charge on any atom is -0.353 e. The zero-order valence-electron chi connectivity index (χ0n) is 12.3. The van der Waals surface area contributed by atoms with E-state index in [-0.39, 0.29) is 11.9 Å². The summed E-state index contributed by atoms with van der Waals surface area (Å²) in [5.74, 6) is -0.251. The summed E-state index contributed by atoms with van der Waals surface area (Å²) in [7, 11) is 0. The zero-order chi connectivity index (χ0) is 14.5. The number of carbonyl (C=O) groups is 1. The normalized spacial score (nSPS) is 24.3. The van der Waals surface area contributed by atoms with Crippen LogP contribution in [0.3, 0.4) is 0 Å². The van der Waals surface area contributed by atoms with Gasteiger partial charge in [0.1, 0.15) is 0 Å². The van der Waals surface area contributed by atoms with Crippen LogP contribution in [-0.2, 0) is 20.7 Å². The Labute approximate surface area is 129 Å². The predicted molar refractivity (Wildman–Crippen MR) is 82.3 cm³/mol. The SMILES string of the molecule is O=C(CCCc1cccs1)N[C@H]1CCCC2(C1)OCCO2. The zero-order valence-corrected chi connectivity index (χ0v) is 13.1. The van der Waals surface area contributed by atoms with Crippen LogP contribution in [0, 0.1) is 0 Å². The number of ether oxygens (including phenoxy) is 2. The molecule has 3 rings (SSSR count). The molecule has 1 spiro atoms. The third kappa shape index (κ3) is 4.05. The summed E-state index contributed by atoms with van der Waals surface area (Å²) >= 11 is 1.76.